The lowest BCUT2D eigenvalue weighted by molar-refractivity contribution is 0.0636. The first-order valence-corrected chi connectivity index (χ1v) is 9.34. The molecule has 6 nitrogen and oxygen atoms in total. The fraction of sp³-hybridized carbons (Fsp3) is 0.684. The lowest BCUT2D eigenvalue weighted by Gasteiger charge is -2.23. The van der Waals surface area contributed by atoms with E-state index in [-0.39, 0.29) is 11.9 Å². The molecule has 2 aliphatic rings. The smallest absolute Gasteiger partial charge is 0.412 e. The van der Waals surface area contributed by atoms with E-state index in [1.165, 1.54) is 19.3 Å². The number of carbonyl (C=O) groups excluding carboxylic acids is 2. The van der Waals surface area contributed by atoms with Crippen LogP contribution in [0.15, 0.2) is 12.4 Å². The zero-order valence-corrected chi connectivity index (χ0v) is 15.4. The Hall–Kier alpha value is -1.98. The molecule has 0 aliphatic heterocycles. The maximum absolute atomic E-state index is 12.6. The minimum absolute atomic E-state index is 0.122. The van der Waals surface area contributed by atoms with E-state index in [9.17, 15) is 9.59 Å². The highest BCUT2D eigenvalue weighted by Gasteiger charge is 2.27. The second-order valence-electron chi connectivity index (χ2n) is 8.20. The van der Waals surface area contributed by atoms with E-state index in [1.54, 1.807) is 0 Å². The van der Waals surface area contributed by atoms with Gasteiger partial charge in [0.15, 0.2) is 0 Å². The minimum Gasteiger partial charge on any atom is -0.444 e. The molecular weight excluding hydrogens is 318 g/mol. The first kappa shape index (κ1) is 17.8. The monoisotopic (exact) mass is 347 g/mol. The third kappa shape index (κ3) is 5.00. The highest BCUT2D eigenvalue weighted by molar-refractivity contribution is 6.02. The predicted molar refractivity (Wildman–Crippen MR) is 96.9 cm³/mol. The molecule has 1 aromatic heterocycles. The molecule has 6 heteroatoms. The number of hydrogen-bond acceptors (Lipinski definition) is 3. The van der Waals surface area contributed by atoms with Crippen LogP contribution in [0.3, 0.4) is 0 Å². The molecule has 2 saturated carbocycles. The van der Waals surface area contributed by atoms with E-state index < -0.39 is 11.7 Å². The molecule has 2 N–H and O–H groups in total. The Morgan fingerprint density at radius 1 is 1.08 bits per heavy atom. The van der Waals surface area contributed by atoms with Crippen LogP contribution in [-0.2, 0) is 4.74 Å². The Balaban J connectivity index is 1.78. The van der Waals surface area contributed by atoms with Gasteiger partial charge in [-0.1, -0.05) is 19.3 Å². The van der Waals surface area contributed by atoms with Gasteiger partial charge in [0.05, 0.1) is 11.3 Å². The number of nitrogens with one attached hydrogen (secondary N) is 2. The number of hydrogen-bond donors (Lipinski definition) is 2. The summed E-state index contributed by atoms with van der Waals surface area (Å²) in [6.07, 6.45) is 11.2. The van der Waals surface area contributed by atoms with Crippen LogP contribution in [0, 0.1) is 0 Å². The number of rotatable bonds is 4. The van der Waals surface area contributed by atoms with Gasteiger partial charge < -0.3 is 14.6 Å². The largest absolute Gasteiger partial charge is 0.444 e. The van der Waals surface area contributed by atoms with E-state index in [1.807, 2.05) is 33.2 Å². The van der Waals surface area contributed by atoms with Gasteiger partial charge in [0, 0.05) is 24.5 Å². The van der Waals surface area contributed by atoms with Gasteiger partial charge in [-0.2, -0.15) is 0 Å². The molecule has 0 saturated heterocycles. The summed E-state index contributed by atoms with van der Waals surface area (Å²) in [5.74, 6) is -0.122. The van der Waals surface area contributed by atoms with Gasteiger partial charge >= 0.3 is 6.09 Å². The number of aromatic nitrogens is 1. The van der Waals surface area contributed by atoms with Crippen LogP contribution in [-0.4, -0.2) is 28.2 Å². The topological polar surface area (TPSA) is 72.4 Å². The quantitative estimate of drug-likeness (QED) is 0.856. The predicted octanol–water partition coefficient (Wildman–Crippen LogP) is 4.23. The molecule has 3 rings (SSSR count). The first-order chi connectivity index (χ1) is 11.8. The third-order valence-electron chi connectivity index (χ3n) is 4.64. The molecule has 2 aliphatic carbocycles. The van der Waals surface area contributed by atoms with Crippen molar-refractivity contribution < 1.29 is 14.3 Å². The summed E-state index contributed by atoms with van der Waals surface area (Å²) < 4.78 is 7.42. The zero-order chi connectivity index (χ0) is 18.0. The van der Waals surface area contributed by atoms with Crippen LogP contribution in [0.5, 0.6) is 0 Å². The zero-order valence-electron chi connectivity index (χ0n) is 15.4. The van der Waals surface area contributed by atoms with Crippen molar-refractivity contribution in [2.75, 3.05) is 5.32 Å². The molecule has 0 bridgehead atoms. The van der Waals surface area contributed by atoms with Gasteiger partial charge in [-0.25, -0.2) is 4.79 Å². The summed E-state index contributed by atoms with van der Waals surface area (Å²) in [6.45, 7) is 5.46. The molecule has 0 radical (unpaired) electrons. The Labute approximate surface area is 149 Å². The summed E-state index contributed by atoms with van der Waals surface area (Å²) in [5, 5.41) is 5.76. The van der Waals surface area contributed by atoms with Crippen molar-refractivity contribution in [1.29, 1.82) is 0 Å². The van der Waals surface area contributed by atoms with Crippen molar-refractivity contribution in [3.05, 3.63) is 18.0 Å². The molecule has 0 spiro atoms. The summed E-state index contributed by atoms with van der Waals surface area (Å²) in [7, 11) is 0. The molecule has 0 unspecified atom stereocenters. The van der Waals surface area contributed by atoms with E-state index in [2.05, 4.69) is 15.2 Å². The minimum atomic E-state index is -0.577. The van der Waals surface area contributed by atoms with Crippen molar-refractivity contribution >= 4 is 17.7 Å². The molecule has 1 aromatic rings. The third-order valence-corrected chi connectivity index (χ3v) is 4.64. The maximum Gasteiger partial charge on any atom is 0.412 e. The highest BCUT2D eigenvalue weighted by atomic mass is 16.6. The number of anilines is 1. The molecular formula is C19H29N3O3. The highest BCUT2D eigenvalue weighted by Crippen LogP contribution is 2.31. The number of nitrogens with zero attached hydrogens (tertiary/aromatic N) is 1. The fourth-order valence-electron chi connectivity index (χ4n) is 3.25. The summed E-state index contributed by atoms with van der Waals surface area (Å²) >= 11 is 0. The lowest BCUT2D eigenvalue weighted by atomic mass is 9.95. The lowest BCUT2D eigenvalue weighted by Crippen LogP contribution is -2.29. The Bertz CT molecular complexity index is 635. The maximum atomic E-state index is 12.6. The Morgan fingerprint density at radius 2 is 1.76 bits per heavy atom. The number of carbonyl (C=O) groups is 2. The average molecular weight is 347 g/mol. The van der Waals surface area contributed by atoms with Crippen molar-refractivity contribution in [1.82, 2.24) is 9.88 Å². The summed E-state index contributed by atoms with van der Waals surface area (Å²) in [5.41, 5.74) is 0.466. The summed E-state index contributed by atoms with van der Waals surface area (Å²) in [6, 6.07) is 0.676. The fourth-order valence-corrected chi connectivity index (χ4v) is 3.25. The molecule has 138 valence electrons. The van der Waals surface area contributed by atoms with Crippen LogP contribution in [0.25, 0.3) is 0 Å². The molecule has 1 heterocycles. The first-order valence-electron chi connectivity index (χ1n) is 9.34. The van der Waals surface area contributed by atoms with Crippen LogP contribution in [0.2, 0.25) is 0 Å². The van der Waals surface area contributed by atoms with E-state index in [0.29, 0.717) is 17.3 Å². The average Bonchev–Trinajstić information content (AvgIpc) is 3.24. The van der Waals surface area contributed by atoms with Crippen LogP contribution in [0.1, 0.15) is 82.1 Å². The van der Waals surface area contributed by atoms with Crippen LogP contribution in [0.4, 0.5) is 10.5 Å². The van der Waals surface area contributed by atoms with Crippen molar-refractivity contribution in [2.24, 2.45) is 0 Å². The van der Waals surface area contributed by atoms with E-state index in [4.69, 9.17) is 4.74 Å². The van der Waals surface area contributed by atoms with Crippen LogP contribution < -0.4 is 10.6 Å². The molecule has 2 fully saturated rings. The van der Waals surface area contributed by atoms with Gasteiger partial charge in [-0.05, 0) is 46.5 Å². The molecule has 25 heavy (non-hydrogen) atoms. The number of amides is 2. The Morgan fingerprint density at radius 3 is 2.36 bits per heavy atom. The van der Waals surface area contributed by atoms with Gasteiger partial charge in [-0.15, -0.1) is 0 Å². The van der Waals surface area contributed by atoms with Gasteiger partial charge in [0.25, 0.3) is 5.91 Å². The van der Waals surface area contributed by atoms with E-state index >= 15 is 0 Å². The van der Waals surface area contributed by atoms with Gasteiger partial charge in [0.1, 0.15) is 5.60 Å². The molecule has 0 atom stereocenters. The second-order valence-corrected chi connectivity index (χ2v) is 8.20. The number of ether oxygens (including phenoxy) is 1. The van der Waals surface area contributed by atoms with E-state index in [0.717, 1.165) is 25.7 Å². The van der Waals surface area contributed by atoms with Gasteiger partial charge in [0.2, 0.25) is 0 Å². The standard InChI is InChI=1S/C19H29N3O3/c1-19(2,3)25-18(24)21-16-12-22(14-7-5-4-6-8-14)11-15(16)17(23)20-13-9-10-13/h11-14H,4-10H2,1-3H3,(H,20,23)(H,21,24). The SMILES string of the molecule is CC(C)(C)OC(=O)Nc1cn(C2CCCCC2)cc1C(=O)NC1CC1. The Kier molecular flexibility index (Phi) is 5.06. The van der Waals surface area contributed by atoms with Crippen LogP contribution >= 0.6 is 0 Å². The van der Waals surface area contributed by atoms with Gasteiger partial charge in [-0.3, -0.25) is 10.1 Å². The molecule has 2 amide bonds. The summed E-state index contributed by atoms with van der Waals surface area (Å²) in [4.78, 5) is 24.7. The van der Waals surface area contributed by atoms with Crippen molar-refractivity contribution in [3.8, 4) is 0 Å². The van der Waals surface area contributed by atoms with Crippen molar-refractivity contribution in [3.63, 3.8) is 0 Å². The van der Waals surface area contributed by atoms with Crippen molar-refractivity contribution in [2.45, 2.75) is 83.4 Å². The molecule has 0 aromatic carbocycles. The normalized spacial score (nSPS) is 18.7. The second kappa shape index (κ2) is 7.10.